The Morgan fingerprint density at radius 1 is 1.00 bits per heavy atom. The van der Waals surface area contributed by atoms with Crippen molar-refractivity contribution in [2.75, 3.05) is 0 Å². The Hall–Kier alpha value is -1.51. The number of rotatable bonds is 14. The predicted octanol–water partition coefficient (Wildman–Crippen LogP) is 6.43. The molecule has 1 heterocycles. The minimum Gasteiger partial charge on any atom is -0.478 e. The van der Waals surface area contributed by atoms with Gasteiger partial charge in [0.25, 0.3) is 0 Å². The Kier molecular flexibility index (Phi) is 11.0. The Labute approximate surface area is 141 Å². The molecule has 0 atom stereocenters. The number of aromatic amines is 1. The van der Waals surface area contributed by atoms with E-state index in [1.807, 2.05) is 6.08 Å². The van der Waals surface area contributed by atoms with Crippen molar-refractivity contribution in [1.29, 1.82) is 0 Å². The molecule has 0 saturated carbocycles. The molecular formula is C20H33NO2. The fourth-order valence-electron chi connectivity index (χ4n) is 2.77. The molecule has 1 aromatic rings. The van der Waals surface area contributed by atoms with Crippen molar-refractivity contribution in [3.05, 3.63) is 29.6 Å². The second-order valence-corrected chi connectivity index (χ2v) is 6.38. The van der Waals surface area contributed by atoms with Gasteiger partial charge in [0.1, 0.15) is 0 Å². The quantitative estimate of drug-likeness (QED) is 0.388. The van der Waals surface area contributed by atoms with E-state index in [2.05, 4.69) is 18.0 Å². The van der Waals surface area contributed by atoms with E-state index >= 15 is 0 Å². The maximum atomic E-state index is 10.8. The Morgan fingerprint density at radius 2 is 1.57 bits per heavy atom. The number of unbranched alkanes of at least 4 members (excludes halogenated alkanes) is 11. The van der Waals surface area contributed by atoms with Gasteiger partial charge >= 0.3 is 5.97 Å². The molecule has 1 aromatic heterocycles. The molecule has 0 spiro atoms. The summed E-state index contributed by atoms with van der Waals surface area (Å²) in [6, 6.07) is 1.67. The number of aromatic carboxylic acids is 1. The summed E-state index contributed by atoms with van der Waals surface area (Å²) in [5.74, 6) is -0.883. The van der Waals surface area contributed by atoms with Gasteiger partial charge in [0.15, 0.2) is 0 Å². The largest absolute Gasteiger partial charge is 0.478 e. The molecule has 0 fully saturated rings. The van der Waals surface area contributed by atoms with Crippen molar-refractivity contribution in [2.24, 2.45) is 0 Å². The Balaban J connectivity index is 1.91. The zero-order valence-electron chi connectivity index (χ0n) is 14.7. The number of carbonyl (C=O) groups is 1. The molecule has 0 unspecified atom stereocenters. The highest BCUT2D eigenvalue weighted by molar-refractivity contribution is 5.88. The van der Waals surface area contributed by atoms with E-state index in [0.29, 0.717) is 5.56 Å². The van der Waals surface area contributed by atoms with E-state index in [-0.39, 0.29) is 0 Å². The first-order valence-corrected chi connectivity index (χ1v) is 9.32. The van der Waals surface area contributed by atoms with E-state index in [4.69, 9.17) is 5.11 Å². The molecule has 0 radical (unpaired) electrons. The van der Waals surface area contributed by atoms with Crippen LogP contribution in [-0.4, -0.2) is 16.1 Å². The van der Waals surface area contributed by atoms with Crippen LogP contribution in [0.25, 0.3) is 6.08 Å². The average Bonchev–Trinajstić information content (AvgIpc) is 3.01. The van der Waals surface area contributed by atoms with Gasteiger partial charge in [-0.25, -0.2) is 4.79 Å². The fraction of sp³-hybridized carbons (Fsp3) is 0.650. The summed E-state index contributed by atoms with van der Waals surface area (Å²) in [5.41, 5.74) is 1.19. The summed E-state index contributed by atoms with van der Waals surface area (Å²) >= 11 is 0. The van der Waals surface area contributed by atoms with Gasteiger partial charge in [0.2, 0.25) is 0 Å². The zero-order valence-corrected chi connectivity index (χ0v) is 14.7. The first-order chi connectivity index (χ1) is 11.2. The van der Waals surface area contributed by atoms with Crippen LogP contribution in [0.1, 0.15) is 100 Å². The average molecular weight is 319 g/mol. The molecule has 130 valence electrons. The second kappa shape index (κ2) is 13.0. The summed E-state index contributed by atoms with van der Waals surface area (Å²) in [6.07, 6.45) is 21.7. The molecule has 0 amide bonds. The van der Waals surface area contributed by atoms with Crippen molar-refractivity contribution in [2.45, 2.75) is 84.0 Å². The van der Waals surface area contributed by atoms with Crippen LogP contribution in [0, 0.1) is 0 Å². The van der Waals surface area contributed by atoms with E-state index in [0.717, 1.165) is 12.1 Å². The first-order valence-electron chi connectivity index (χ1n) is 9.32. The van der Waals surface area contributed by atoms with Gasteiger partial charge in [0, 0.05) is 11.9 Å². The minimum atomic E-state index is -0.883. The summed E-state index contributed by atoms with van der Waals surface area (Å²) < 4.78 is 0. The third kappa shape index (κ3) is 9.98. The van der Waals surface area contributed by atoms with Crippen LogP contribution in [0.2, 0.25) is 0 Å². The standard InChI is InChI=1S/C20H33NO2/c1-2-3-4-5-6-7-8-9-10-11-12-13-14-15-19-16-18(17-21-19)20(22)23/h14-17,21H,2-13H2,1H3,(H,22,23)/b15-14+. The highest BCUT2D eigenvalue weighted by Crippen LogP contribution is 2.12. The van der Waals surface area contributed by atoms with Crippen LogP contribution in [-0.2, 0) is 0 Å². The smallest absolute Gasteiger partial charge is 0.337 e. The number of carboxylic acids is 1. The first kappa shape index (κ1) is 19.5. The summed E-state index contributed by atoms with van der Waals surface area (Å²) in [4.78, 5) is 13.7. The molecular weight excluding hydrogens is 286 g/mol. The Morgan fingerprint density at radius 3 is 2.09 bits per heavy atom. The van der Waals surface area contributed by atoms with Gasteiger partial charge < -0.3 is 10.1 Å². The molecule has 1 rings (SSSR count). The second-order valence-electron chi connectivity index (χ2n) is 6.38. The molecule has 0 aliphatic carbocycles. The number of allylic oxidation sites excluding steroid dienone is 1. The van der Waals surface area contributed by atoms with Gasteiger partial charge in [-0.15, -0.1) is 0 Å². The lowest BCUT2D eigenvalue weighted by atomic mass is 10.1. The topological polar surface area (TPSA) is 53.1 Å². The van der Waals surface area contributed by atoms with Crippen molar-refractivity contribution in [3.63, 3.8) is 0 Å². The molecule has 2 N–H and O–H groups in total. The highest BCUT2D eigenvalue weighted by Gasteiger charge is 2.03. The van der Waals surface area contributed by atoms with Gasteiger partial charge in [-0.2, -0.15) is 0 Å². The summed E-state index contributed by atoms with van der Waals surface area (Å²) in [6.45, 7) is 2.26. The van der Waals surface area contributed by atoms with Crippen molar-refractivity contribution < 1.29 is 9.90 Å². The van der Waals surface area contributed by atoms with Gasteiger partial charge in [-0.05, 0) is 25.0 Å². The number of hydrogen-bond donors (Lipinski definition) is 2. The lowest BCUT2D eigenvalue weighted by molar-refractivity contribution is 0.0697. The molecule has 3 nitrogen and oxygen atoms in total. The number of H-pyrrole nitrogens is 1. The van der Waals surface area contributed by atoms with Crippen LogP contribution in [0.3, 0.4) is 0 Å². The van der Waals surface area contributed by atoms with Gasteiger partial charge in [-0.3, -0.25) is 0 Å². The maximum absolute atomic E-state index is 10.8. The van der Waals surface area contributed by atoms with E-state index in [1.165, 1.54) is 76.8 Å². The molecule has 0 aliphatic rings. The van der Waals surface area contributed by atoms with Gasteiger partial charge in [0.05, 0.1) is 5.56 Å². The lowest BCUT2D eigenvalue weighted by Gasteiger charge is -2.01. The van der Waals surface area contributed by atoms with Crippen molar-refractivity contribution in [1.82, 2.24) is 4.98 Å². The maximum Gasteiger partial charge on any atom is 0.337 e. The normalized spacial score (nSPS) is 11.3. The highest BCUT2D eigenvalue weighted by atomic mass is 16.4. The zero-order chi connectivity index (χ0) is 16.8. The van der Waals surface area contributed by atoms with Crippen molar-refractivity contribution >= 4 is 12.0 Å². The van der Waals surface area contributed by atoms with E-state index in [1.54, 1.807) is 6.07 Å². The SMILES string of the molecule is CCCCCCCCCCCCC/C=C/c1cc(C(=O)O)c[nH]1. The fourth-order valence-corrected chi connectivity index (χ4v) is 2.77. The Bertz CT molecular complexity index is 448. The molecule has 0 aliphatic heterocycles. The molecule has 0 bridgehead atoms. The number of nitrogens with one attached hydrogen (secondary N) is 1. The third-order valence-corrected chi connectivity index (χ3v) is 4.22. The van der Waals surface area contributed by atoms with Gasteiger partial charge in [-0.1, -0.05) is 77.2 Å². The van der Waals surface area contributed by atoms with Crippen LogP contribution in [0.4, 0.5) is 0 Å². The minimum absolute atomic E-state index is 0.319. The summed E-state index contributed by atoms with van der Waals surface area (Å²) in [7, 11) is 0. The molecule has 0 aromatic carbocycles. The summed E-state index contributed by atoms with van der Waals surface area (Å²) in [5, 5.41) is 8.84. The molecule has 0 saturated heterocycles. The lowest BCUT2D eigenvalue weighted by Crippen LogP contribution is -1.91. The van der Waals surface area contributed by atoms with Crippen LogP contribution in [0.5, 0.6) is 0 Å². The van der Waals surface area contributed by atoms with Crippen molar-refractivity contribution in [3.8, 4) is 0 Å². The molecule has 3 heteroatoms. The van der Waals surface area contributed by atoms with E-state index < -0.39 is 5.97 Å². The molecule has 23 heavy (non-hydrogen) atoms. The number of aromatic nitrogens is 1. The van der Waals surface area contributed by atoms with Crippen LogP contribution < -0.4 is 0 Å². The number of carboxylic acid groups (broad SMARTS) is 1. The van der Waals surface area contributed by atoms with E-state index in [9.17, 15) is 4.79 Å². The number of hydrogen-bond acceptors (Lipinski definition) is 1. The predicted molar refractivity (Wildman–Crippen MR) is 97.9 cm³/mol. The van der Waals surface area contributed by atoms with Crippen LogP contribution >= 0.6 is 0 Å². The monoisotopic (exact) mass is 319 g/mol. The third-order valence-electron chi connectivity index (χ3n) is 4.22. The van der Waals surface area contributed by atoms with Crippen LogP contribution in [0.15, 0.2) is 18.3 Å².